The Morgan fingerprint density at radius 3 is 2.65 bits per heavy atom. The maximum Gasteiger partial charge on any atom is 0.132 e. The summed E-state index contributed by atoms with van der Waals surface area (Å²) in [6.07, 6.45) is 1.16. The second-order valence-electron chi connectivity index (χ2n) is 5.42. The maximum atomic E-state index is 13.7. The molecule has 0 heterocycles. The molecule has 1 N–H and O–H groups in total. The number of likely N-dealkylation sites (N-methyl/N-ethyl adjacent to an activating group) is 1. The summed E-state index contributed by atoms with van der Waals surface area (Å²) >= 11 is 1.64. The highest BCUT2D eigenvalue weighted by molar-refractivity contribution is 7.98. The van der Waals surface area contributed by atoms with Crippen LogP contribution in [0.3, 0.4) is 0 Å². The summed E-state index contributed by atoms with van der Waals surface area (Å²) < 4.78 is 19.1. The summed E-state index contributed by atoms with van der Waals surface area (Å²) in [4.78, 5) is 3.05. The van der Waals surface area contributed by atoms with Gasteiger partial charge in [0.05, 0.1) is 13.2 Å². The van der Waals surface area contributed by atoms with Crippen LogP contribution >= 0.6 is 11.8 Å². The van der Waals surface area contributed by atoms with Crippen molar-refractivity contribution in [2.24, 2.45) is 0 Å². The van der Waals surface area contributed by atoms with Crippen LogP contribution < -0.4 is 4.74 Å². The minimum Gasteiger partial charge on any atom is -0.496 e. The van der Waals surface area contributed by atoms with Crippen molar-refractivity contribution < 1.29 is 14.2 Å². The normalized spacial score (nSPS) is 12.4. The molecule has 0 aliphatic rings. The molecule has 0 aliphatic carbocycles. The molecule has 0 amide bonds. The quantitative estimate of drug-likeness (QED) is 0.782. The second kappa shape index (κ2) is 8.34. The number of thioether (sulfide) groups is 1. The van der Waals surface area contributed by atoms with Gasteiger partial charge in [0.25, 0.3) is 0 Å². The fourth-order valence-corrected chi connectivity index (χ4v) is 3.04. The highest BCUT2D eigenvalue weighted by Gasteiger charge is 2.15. The molecule has 0 aromatic heterocycles. The predicted octanol–water partition coefficient (Wildman–Crippen LogP) is 3.72. The molecule has 0 aliphatic heterocycles. The van der Waals surface area contributed by atoms with E-state index in [4.69, 9.17) is 4.74 Å². The second-order valence-corrected chi connectivity index (χ2v) is 6.27. The molecule has 1 unspecified atom stereocenters. The van der Waals surface area contributed by atoms with E-state index in [0.717, 1.165) is 16.2 Å². The zero-order valence-corrected chi connectivity index (χ0v) is 14.4. The van der Waals surface area contributed by atoms with E-state index in [-0.39, 0.29) is 5.82 Å². The van der Waals surface area contributed by atoms with Crippen LogP contribution in [0.4, 0.5) is 4.39 Å². The van der Waals surface area contributed by atoms with E-state index in [0.29, 0.717) is 18.7 Å². The average Bonchev–Trinajstić information content (AvgIpc) is 2.54. The van der Waals surface area contributed by atoms with Crippen molar-refractivity contribution in [1.29, 1.82) is 0 Å². The molecular formula is C18H22FNO2S. The smallest absolute Gasteiger partial charge is 0.132 e. The van der Waals surface area contributed by atoms with E-state index in [1.54, 1.807) is 37.1 Å². The molecule has 0 fully saturated rings. The monoisotopic (exact) mass is 335 g/mol. The van der Waals surface area contributed by atoms with Gasteiger partial charge in [0.2, 0.25) is 0 Å². The van der Waals surface area contributed by atoms with Crippen molar-refractivity contribution in [3.63, 3.8) is 0 Å². The first kappa shape index (κ1) is 17.8. The first-order valence-corrected chi connectivity index (χ1v) is 8.59. The van der Waals surface area contributed by atoms with Gasteiger partial charge in [0.15, 0.2) is 0 Å². The average molecular weight is 335 g/mol. The molecule has 2 aromatic rings. The predicted molar refractivity (Wildman–Crippen MR) is 92.5 cm³/mol. The number of aliphatic hydroxyl groups excluding tert-OH is 1. The Hall–Kier alpha value is -1.56. The van der Waals surface area contributed by atoms with Gasteiger partial charge in [0.1, 0.15) is 11.6 Å². The molecule has 0 saturated carbocycles. The molecular weight excluding hydrogens is 313 g/mol. The molecule has 0 bridgehead atoms. The molecule has 23 heavy (non-hydrogen) atoms. The molecule has 3 nitrogen and oxygen atoms in total. The Morgan fingerprint density at radius 1 is 1.26 bits per heavy atom. The van der Waals surface area contributed by atoms with Crippen molar-refractivity contribution in [2.75, 3.05) is 27.0 Å². The lowest BCUT2D eigenvalue weighted by molar-refractivity contribution is 0.120. The Morgan fingerprint density at radius 2 is 2.00 bits per heavy atom. The van der Waals surface area contributed by atoms with Gasteiger partial charge in [-0.3, -0.25) is 4.90 Å². The van der Waals surface area contributed by atoms with Crippen LogP contribution in [0.1, 0.15) is 17.2 Å². The summed E-state index contributed by atoms with van der Waals surface area (Å²) in [6, 6.07) is 12.4. The molecule has 0 saturated heterocycles. The van der Waals surface area contributed by atoms with E-state index in [1.807, 2.05) is 36.4 Å². The zero-order valence-electron chi connectivity index (χ0n) is 13.6. The Kier molecular flexibility index (Phi) is 6.45. The van der Waals surface area contributed by atoms with Crippen LogP contribution in [0.5, 0.6) is 5.75 Å². The first-order chi connectivity index (χ1) is 11.0. The van der Waals surface area contributed by atoms with Crippen molar-refractivity contribution in [1.82, 2.24) is 4.90 Å². The van der Waals surface area contributed by atoms with Crippen LogP contribution in [-0.4, -0.2) is 37.0 Å². The molecule has 0 radical (unpaired) electrons. The number of hydrogen-bond acceptors (Lipinski definition) is 4. The van der Waals surface area contributed by atoms with Crippen molar-refractivity contribution in [3.8, 4) is 5.75 Å². The van der Waals surface area contributed by atoms with Gasteiger partial charge in [-0.1, -0.05) is 24.3 Å². The van der Waals surface area contributed by atoms with Crippen molar-refractivity contribution in [3.05, 3.63) is 59.4 Å². The third-order valence-corrected chi connectivity index (χ3v) is 4.43. The van der Waals surface area contributed by atoms with E-state index in [2.05, 4.69) is 0 Å². The minimum absolute atomic E-state index is 0.328. The van der Waals surface area contributed by atoms with Gasteiger partial charge in [-0.2, -0.15) is 0 Å². The number of methoxy groups -OCH3 is 1. The molecule has 5 heteroatoms. The van der Waals surface area contributed by atoms with Crippen LogP contribution in [0.25, 0.3) is 0 Å². The molecule has 2 aromatic carbocycles. The Labute approximate surface area is 141 Å². The number of halogens is 1. The van der Waals surface area contributed by atoms with E-state index >= 15 is 0 Å². The maximum absolute atomic E-state index is 13.7. The van der Waals surface area contributed by atoms with Gasteiger partial charge in [0, 0.05) is 23.5 Å². The minimum atomic E-state index is -0.853. The lowest BCUT2D eigenvalue weighted by atomic mass is 10.1. The van der Waals surface area contributed by atoms with Gasteiger partial charge < -0.3 is 9.84 Å². The number of rotatable bonds is 7. The van der Waals surface area contributed by atoms with E-state index in [9.17, 15) is 9.50 Å². The Bertz CT molecular complexity index is 651. The summed E-state index contributed by atoms with van der Waals surface area (Å²) in [6.45, 7) is 1.00. The molecule has 124 valence electrons. The topological polar surface area (TPSA) is 32.7 Å². The lowest BCUT2D eigenvalue weighted by Crippen LogP contribution is -2.24. The third-order valence-electron chi connectivity index (χ3n) is 3.65. The first-order valence-electron chi connectivity index (χ1n) is 7.37. The number of aliphatic hydroxyl groups is 1. The summed E-state index contributed by atoms with van der Waals surface area (Å²) in [5.74, 6) is 0.470. The van der Waals surface area contributed by atoms with Gasteiger partial charge in [-0.15, -0.1) is 11.8 Å². The van der Waals surface area contributed by atoms with E-state index in [1.165, 1.54) is 6.07 Å². The number of benzene rings is 2. The highest BCUT2D eigenvalue weighted by atomic mass is 32.2. The van der Waals surface area contributed by atoms with Crippen LogP contribution in [0.15, 0.2) is 47.4 Å². The molecule has 2 rings (SSSR count). The molecule has 1 atom stereocenters. The Balaban J connectivity index is 2.02. The van der Waals surface area contributed by atoms with Gasteiger partial charge in [-0.05, 0) is 37.1 Å². The van der Waals surface area contributed by atoms with Crippen molar-refractivity contribution in [2.45, 2.75) is 17.5 Å². The SMILES string of the molecule is COc1cc(CN(C)CC(O)c2ccccc2F)ccc1SC. The molecule has 0 spiro atoms. The van der Waals surface area contributed by atoms with Crippen molar-refractivity contribution >= 4 is 11.8 Å². The van der Waals surface area contributed by atoms with Crippen LogP contribution in [0, 0.1) is 5.82 Å². The summed E-state index contributed by atoms with van der Waals surface area (Å²) in [5, 5.41) is 10.2. The lowest BCUT2D eigenvalue weighted by Gasteiger charge is -2.21. The fourth-order valence-electron chi connectivity index (χ4n) is 2.49. The zero-order chi connectivity index (χ0) is 16.8. The standard InChI is InChI=1S/C18H22FNO2S/c1-20(12-16(21)14-6-4-5-7-15(14)19)11-13-8-9-18(23-3)17(10-13)22-2/h4-10,16,21H,11-12H2,1-3H3. The highest BCUT2D eigenvalue weighted by Crippen LogP contribution is 2.29. The number of ether oxygens (including phenoxy) is 1. The fraction of sp³-hybridized carbons (Fsp3) is 0.333. The largest absolute Gasteiger partial charge is 0.496 e. The van der Waals surface area contributed by atoms with Gasteiger partial charge in [-0.25, -0.2) is 4.39 Å². The summed E-state index contributed by atoms with van der Waals surface area (Å²) in [5.41, 5.74) is 1.41. The van der Waals surface area contributed by atoms with Gasteiger partial charge >= 0.3 is 0 Å². The summed E-state index contributed by atoms with van der Waals surface area (Å²) in [7, 11) is 3.56. The third kappa shape index (κ3) is 4.70. The number of nitrogens with zero attached hydrogens (tertiary/aromatic N) is 1. The number of hydrogen-bond donors (Lipinski definition) is 1. The van der Waals surface area contributed by atoms with Crippen LogP contribution in [0.2, 0.25) is 0 Å². The van der Waals surface area contributed by atoms with E-state index < -0.39 is 6.10 Å². The van der Waals surface area contributed by atoms with Crippen LogP contribution in [-0.2, 0) is 6.54 Å².